The van der Waals surface area contributed by atoms with E-state index in [0.29, 0.717) is 22.4 Å². The monoisotopic (exact) mass is 370 g/mol. The van der Waals surface area contributed by atoms with Crippen LogP contribution in [-0.4, -0.2) is 45.8 Å². The zero-order chi connectivity index (χ0) is 17.3. The number of carbonyl (C=O) groups is 1. The fourth-order valence-corrected chi connectivity index (χ4v) is 4.19. The van der Waals surface area contributed by atoms with Crippen molar-refractivity contribution in [2.45, 2.75) is 18.9 Å². The van der Waals surface area contributed by atoms with Crippen molar-refractivity contribution in [1.82, 2.24) is 14.5 Å². The van der Waals surface area contributed by atoms with Crippen LogP contribution < -0.4 is 4.90 Å². The summed E-state index contributed by atoms with van der Waals surface area (Å²) in [6, 6.07) is 0. The number of esters is 1. The maximum absolute atomic E-state index is 11.7. The third kappa shape index (κ3) is 3.26. The Bertz CT molecular complexity index is 732. The normalized spacial score (nSPS) is 19.3. The van der Waals surface area contributed by atoms with E-state index >= 15 is 0 Å². The number of aliphatic hydroxyl groups is 1. The highest BCUT2D eigenvalue weighted by atomic mass is 35.5. The predicted octanol–water partition coefficient (Wildman–Crippen LogP) is 2.27. The van der Waals surface area contributed by atoms with Crippen LogP contribution in [0.3, 0.4) is 0 Å². The van der Waals surface area contributed by atoms with E-state index in [-0.39, 0.29) is 11.1 Å². The van der Waals surface area contributed by atoms with Crippen LogP contribution in [0.5, 0.6) is 0 Å². The van der Waals surface area contributed by atoms with Gasteiger partial charge in [0.15, 0.2) is 15.2 Å². The number of anilines is 1. The third-order valence-electron chi connectivity index (χ3n) is 4.24. The number of carbonyl (C=O) groups excluding carboxylic acids is 1. The van der Waals surface area contributed by atoms with Crippen LogP contribution in [0, 0.1) is 5.92 Å². The Morgan fingerprint density at radius 2 is 2.38 bits per heavy atom. The molecule has 2 atom stereocenters. The third-order valence-corrected chi connectivity index (χ3v) is 5.72. The number of thiazole rings is 1. The van der Waals surface area contributed by atoms with E-state index in [1.807, 2.05) is 17.8 Å². The number of halogens is 1. The van der Waals surface area contributed by atoms with Gasteiger partial charge in [0.2, 0.25) is 0 Å². The highest BCUT2D eigenvalue weighted by Gasteiger charge is 2.31. The van der Waals surface area contributed by atoms with Crippen molar-refractivity contribution in [3.05, 3.63) is 28.2 Å². The van der Waals surface area contributed by atoms with Gasteiger partial charge in [0.1, 0.15) is 11.9 Å². The van der Waals surface area contributed by atoms with Gasteiger partial charge in [0.05, 0.1) is 7.11 Å². The Kier molecular flexibility index (Phi) is 5.07. The van der Waals surface area contributed by atoms with E-state index < -0.39 is 12.1 Å². The summed E-state index contributed by atoms with van der Waals surface area (Å²) < 4.78 is 6.55. The van der Waals surface area contributed by atoms with Gasteiger partial charge in [-0.15, -0.1) is 0 Å². The Labute approximate surface area is 148 Å². The zero-order valence-corrected chi connectivity index (χ0v) is 15.0. The van der Waals surface area contributed by atoms with Crippen molar-refractivity contribution in [3.63, 3.8) is 0 Å². The van der Waals surface area contributed by atoms with Gasteiger partial charge in [-0.2, -0.15) is 0 Å². The Morgan fingerprint density at radius 1 is 1.58 bits per heavy atom. The van der Waals surface area contributed by atoms with Crippen LogP contribution in [0.2, 0.25) is 5.15 Å². The number of imidazole rings is 1. The van der Waals surface area contributed by atoms with Crippen LogP contribution >= 0.6 is 22.9 Å². The molecule has 0 spiro atoms. The van der Waals surface area contributed by atoms with E-state index in [0.717, 1.165) is 19.4 Å². The number of aliphatic hydroxyl groups excluding tert-OH is 1. The minimum absolute atomic E-state index is 0.0455. The van der Waals surface area contributed by atoms with Crippen LogP contribution in [0.25, 0.3) is 0 Å². The summed E-state index contributed by atoms with van der Waals surface area (Å²) in [6.45, 7) is 1.45. The lowest BCUT2D eigenvalue weighted by molar-refractivity contribution is 0.0606. The number of ether oxygens (including phenoxy) is 1. The van der Waals surface area contributed by atoms with Crippen molar-refractivity contribution in [3.8, 4) is 0 Å². The number of aromatic nitrogens is 3. The molecule has 0 aliphatic carbocycles. The lowest BCUT2D eigenvalue weighted by Gasteiger charge is -2.34. The highest BCUT2D eigenvalue weighted by Crippen LogP contribution is 2.35. The summed E-state index contributed by atoms with van der Waals surface area (Å²) in [4.78, 5) is 22.6. The molecule has 0 bridgehead atoms. The summed E-state index contributed by atoms with van der Waals surface area (Å²) in [5, 5.41) is 11.5. The number of hydrogen-bond donors (Lipinski definition) is 1. The molecule has 2 unspecified atom stereocenters. The molecule has 24 heavy (non-hydrogen) atoms. The second-order valence-corrected chi connectivity index (χ2v) is 7.13. The summed E-state index contributed by atoms with van der Waals surface area (Å²) in [7, 11) is 3.19. The summed E-state index contributed by atoms with van der Waals surface area (Å²) in [5.74, 6) is 0.226. The van der Waals surface area contributed by atoms with Gasteiger partial charge in [-0.25, -0.2) is 14.8 Å². The van der Waals surface area contributed by atoms with Crippen molar-refractivity contribution < 1.29 is 14.6 Å². The van der Waals surface area contributed by atoms with Gasteiger partial charge in [0, 0.05) is 38.4 Å². The quantitative estimate of drug-likeness (QED) is 0.831. The smallest absolute Gasteiger partial charge is 0.351 e. The minimum atomic E-state index is -0.636. The molecule has 1 N–H and O–H groups in total. The van der Waals surface area contributed by atoms with E-state index in [1.165, 1.54) is 18.4 Å². The number of piperidine rings is 1. The Hall–Kier alpha value is -1.64. The summed E-state index contributed by atoms with van der Waals surface area (Å²) in [5.41, 5.74) is 0. The first-order valence-electron chi connectivity index (χ1n) is 7.66. The molecule has 3 rings (SSSR count). The summed E-state index contributed by atoms with van der Waals surface area (Å²) >= 11 is 7.27. The second kappa shape index (κ2) is 7.08. The molecule has 0 saturated carbocycles. The standard InChI is InChI=1S/C15H19ClN4O3S/c1-19-7-5-17-13(19)10(21)9-4-3-6-20(8-9)15-18-12(16)11(24-15)14(22)23-2/h5,7,9-10,21H,3-4,6,8H2,1-2H3. The average Bonchev–Trinajstić information content (AvgIpc) is 3.19. The van der Waals surface area contributed by atoms with E-state index in [1.54, 1.807) is 6.20 Å². The number of methoxy groups -OCH3 is 1. The summed E-state index contributed by atoms with van der Waals surface area (Å²) in [6.07, 6.45) is 4.71. The number of hydrogen-bond acceptors (Lipinski definition) is 7. The molecule has 1 aliphatic heterocycles. The van der Waals surface area contributed by atoms with Crippen LogP contribution in [0.4, 0.5) is 5.13 Å². The highest BCUT2D eigenvalue weighted by molar-refractivity contribution is 7.18. The van der Waals surface area contributed by atoms with Gasteiger partial charge >= 0.3 is 5.97 Å². The SMILES string of the molecule is COC(=O)c1sc(N2CCCC(C(O)c3nccn3C)C2)nc1Cl. The first kappa shape index (κ1) is 17.2. The van der Waals surface area contributed by atoms with Gasteiger partial charge in [0.25, 0.3) is 0 Å². The predicted molar refractivity (Wildman–Crippen MR) is 91.6 cm³/mol. The van der Waals surface area contributed by atoms with Crippen molar-refractivity contribution >= 4 is 34.0 Å². The van der Waals surface area contributed by atoms with Gasteiger partial charge in [-0.3, -0.25) is 0 Å². The van der Waals surface area contributed by atoms with Gasteiger partial charge < -0.3 is 19.3 Å². The molecule has 1 fully saturated rings. The van der Waals surface area contributed by atoms with Crippen LogP contribution in [0.15, 0.2) is 12.4 Å². The molecule has 0 amide bonds. The van der Waals surface area contributed by atoms with E-state index in [4.69, 9.17) is 16.3 Å². The number of aryl methyl sites for hydroxylation is 1. The van der Waals surface area contributed by atoms with Gasteiger partial charge in [-0.05, 0) is 12.8 Å². The largest absolute Gasteiger partial charge is 0.465 e. The number of rotatable bonds is 4. The van der Waals surface area contributed by atoms with E-state index in [2.05, 4.69) is 14.9 Å². The van der Waals surface area contributed by atoms with Crippen molar-refractivity contribution in [2.24, 2.45) is 13.0 Å². The molecule has 1 saturated heterocycles. The molecular weight excluding hydrogens is 352 g/mol. The topological polar surface area (TPSA) is 80.5 Å². The molecule has 2 aromatic heterocycles. The van der Waals surface area contributed by atoms with Crippen LogP contribution in [-0.2, 0) is 11.8 Å². The minimum Gasteiger partial charge on any atom is -0.465 e. The lowest BCUT2D eigenvalue weighted by Crippen LogP contribution is -2.38. The lowest BCUT2D eigenvalue weighted by atomic mass is 9.92. The molecule has 7 nitrogen and oxygen atoms in total. The fraction of sp³-hybridized carbons (Fsp3) is 0.533. The molecule has 2 aromatic rings. The first-order valence-corrected chi connectivity index (χ1v) is 8.85. The van der Waals surface area contributed by atoms with Gasteiger partial charge in [-0.1, -0.05) is 22.9 Å². The maximum atomic E-state index is 11.7. The molecule has 0 aromatic carbocycles. The molecule has 9 heteroatoms. The van der Waals surface area contributed by atoms with Crippen molar-refractivity contribution in [2.75, 3.05) is 25.1 Å². The fourth-order valence-electron chi connectivity index (χ4n) is 2.96. The van der Waals surface area contributed by atoms with Crippen LogP contribution in [0.1, 0.15) is 34.4 Å². The van der Waals surface area contributed by atoms with E-state index in [9.17, 15) is 9.90 Å². The number of nitrogens with zero attached hydrogens (tertiary/aromatic N) is 4. The zero-order valence-electron chi connectivity index (χ0n) is 13.5. The average molecular weight is 371 g/mol. The molecule has 130 valence electrons. The Morgan fingerprint density at radius 3 is 3.04 bits per heavy atom. The molecule has 3 heterocycles. The maximum Gasteiger partial charge on any atom is 0.351 e. The first-order chi connectivity index (χ1) is 11.5. The Balaban J connectivity index is 1.76. The molecule has 0 radical (unpaired) electrons. The molecule has 1 aliphatic rings. The second-order valence-electron chi connectivity index (χ2n) is 5.80. The molecular formula is C15H19ClN4O3S. The van der Waals surface area contributed by atoms with Crippen molar-refractivity contribution in [1.29, 1.82) is 0 Å².